The number of aliphatic carboxylic acids is 1. The molecule has 0 spiro atoms. The van der Waals surface area contributed by atoms with Crippen molar-refractivity contribution in [3.8, 4) is 6.07 Å². The third kappa shape index (κ3) is 3.41. The lowest BCUT2D eigenvalue weighted by atomic mass is 10.1. The summed E-state index contributed by atoms with van der Waals surface area (Å²) in [6, 6.07) is 0.484. The number of carboxylic acid groups (broad SMARTS) is 1. The molecule has 2 unspecified atom stereocenters. The smallest absolute Gasteiger partial charge is 0.320 e. The van der Waals surface area contributed by atoms with Gasteiger partial charge in [0.25, 0.3) is 0 Å². The van der Waals surface area contributed by atoms with Crippen molar-refractivity contribution in [3.05, 3.63) is 0 Å². The number of ether oxygens (including phenoxy) is 1. The number of carbonyl (C=O) groups is 3. The number of morpholine rings is 1. The van der Waals surface area contributed by atoms with Crippen molar-refractivity contribution in [2.75, 3.05) is 32.8 Å². The number of rotatable bonds is 2. The maximum atomic E-state index is 12.5. The molecule has 2 rings (SSSR count). The van der Waals surface area contributed by atoms with Crippen LogP contribution in [-0.4, -0.2) is 77.7 Å². The molecule has 0 aromatic carbocycles. The first-order chi connectivity index (χ1) is 10.0. The average molecular weight is 296 g/mol. The first-order valence-corrected chi connectivity index (χ1v) is 6.59. The lowest BCUT2D eigenvalue weighted by Gasteiger charge is -2.39. The van der Waals surface area contributed by atoms with E-state index in [0.717, 1.165) is 0 Å². The fraction of sp³-hybridized carbons (Fsp3) is 0.667. The van der Waals surface area contributed by atoms with Crippen molar-refractivity contribution >= 4 is 17.9 Å². The minimum absolute atomic E-state index is 0.118. The normalized spacial score (nSPS) is 26.0. The summed E-state index contributed by atoms with van der Waals surface area (Å²) in [6.45, 7) is 1.21. The summed E-state index contributed by atoms with van der Waals surface area (Å²) in [6.07, 6.45) is -1.14. The van der Waals surface area contributed by atoms with E-state index < -0.39 is 36.5 Å². The second-order valence-corrected chi connectivity index (χ2v) is 4.82. The summed E-state index contributed by atoms with van der Waals surface area (Å²) in [5.74, 6) is -1.62. The highest BCUT2D eigenvalue weighted by Gasteiger charge is 2.37. The van der Waals surface area contributed by atoms with Gasteiger partial charge in [0.15, 0.2) is 6.10 Å². The van der Waals surface area contributed by atoms with Crippen molar-refractivity contribution in [1.29, 1.82) is 5.26 Å². The molecule has 9 nitrogen and oxygen atoms in total. The highest BCUT2D eigenvalue weighted by Crippen LogP contribution is 2.14. The topological polar surface area (TPSA) is 123 Å². The predicted molar refractivity (Wildman–Crippen MR) is 68.1 cm³/mol. The summed E-state index contributed by atoms with van der Waals surface area (Å²) >= 11 is 0. The second-order valence-electron chi connectivity index (χ2n) is 4.82. The maximum Gasteiger partial charge on any atom is 0.320 e. The van der Waals surface area contributed by atoms with Crippen LogP contribution in [0, 0.1) is 11.3 Å². The summed E-state index contributed by atoms with van der Waals surface area (Å²) in [4.78, 5) is 37.8. The van der Waals surface area contributed by atoms with Gasteiger partial charge in [0.05, 0.1) is 25.6 Å². The molecule has 0 bridgehead atoms. The number of nitrogens with zero attached hydrogens (tertiary/aromatic N) is 3. The Hall–Kier alpha value is -2.34. The Morgan fingerprint density at radius 1 is 1.48 bits per heavy atom. The molecule has 0 aromatic heterocycles. The van der Waals surface area contributed by atoms with Crippen molar-refractivity contribution in [2.24, 2.45) is 0 Å². The molecule has 21 heavy (non-hydrogen) atoms. The Bertz CT molecular complexity index is 489. The second kappa shape index (κ2) is 6.41. The lowest BCUT2D eigenvalue weighted by Crippen LogP contribution is -2.62. The van der Waals surface area contributed by atoms with E-state index in [2.05, 4.69) is 5.32 Å². The number of nitriles is 1. The molecule has 9 heteroatoms. The zero-order valence-corrected chi connectivity index (χ0v) is 11.3. The van der Waals surface area contributed by atoms with Crippen LogP contribution in [0.3, 0.4) is 0 Å². The maximum absolute atomic E-state index is 12.5. The predicted octanol–water partition coefficient (Wildman–Crippen LogP) is -1.39. The number of amides is 3. The van der Waals surface area contributed by atoms with Crippen LogP contribution in [0.1, 0.15) is 6.42 Å². The number of hydrogen-bond acceptors (Lipinski definition) is 5. The number of piperazine rings is 1. The third-order valence-corrected chi connectivity index (χ3v) is 3.43. The van der Waals surface area contributed by atoms with E-state index in [4.69, 9.17) is 15.1 Å². The van der Waals surface area contributed by atoms with Gasteiger partial charge >= 0.3 is 12.0 Å². The van der Waals surface area contributed by atoms with Crippen LogP contribution in [0.2, 0.25) is 0 Å². The zero-order valence-electron chi connectivity index (χ0n) is 11.3. The third-order valence-electron chi connectivity index (χ3n) is 3.43. The van der Waals surface area contributed by atoms with E-state index in [1.54, 1.807) is 0 Å². The van der Waals surface area contributed by atoms with Gasteiger partial charge in [-0.3, -0.25) is 9.59 Å². The molecule has 3 amide bonds. The van der Waals surface area contributed by atoms with Crippen molar-refractivity contribution < 1.29 is 24.2 Å². The van der Waals surface area contributed by atoms with E-state index in [0.29, 0.717) is 6.54 Å². The minimum atomic E-state index is -1.15. The summed E-state index contributed by atoms with van der Waals surface area (Å²) in [5, 5.41) is 20.3. The van der Waals surface area contributed by atoms with E-state index in [9.17, 15) is 14.4 Å². The van der Waals surface area contributed by atoms with E-state index in [1.807, 2.05) is 6.07 Å². The van der Waals surface area contributed by atoms with Gasteiger partial charge in [-0.1, -0.05) is 0 Å². The molecule has 114 valence electrons. The Kier molecular flexibility index (Phi) is 4.59. The molecule has 2 heterocycles. The number of hydrogen-bond donors (Lipinski definition) is 2. The fourth-order valence-electron chi connectivity index (χ4n) is 2.39. The Morgan fingerprint density at radius 2 is 2.24 bits per heavy atom. The molecule has 2 N–H and O–H groups in total. The van der Waals surface area contributed by atoms with E-state index in [1.165, 1.54) is 9.80 Å². The molecule has 2 saturated heterocycles. The van der Waals surface area contributed by atoms with Gasteiger partial charge in [-0.15, -0.1) is 0 Å². The van der Waals surface area contributed by atoms with Crippen LogP contribution in [-0.2, 0) is 14.3 Å². The summed E-state index contributed by atoms with van der Waals surface area (Å²) < 4.78 is 5.16. The van der Waals surface area contributed by atoms with Crippen LogP contribution in [0.15, 0.2) is 0 Å². The fourth-order valence-corrected chi connectivity index (χ4v) is 2.39. The number of nitrogens with one attached hydrogen (secondary N) is 1. The molecule has 2 aliphatic heterocycles. The molecular weight excluding hydrogens is 280 g/mol. The van der Waals surface area contributed by atoms with Gasteiger partial charge < -0.3 is 25.0 Å². The van der Waals surface area contributed by atoms with Crippen LogP contribution >= 0.6 is 0 Å². The molecular formula is C12H16N4O5. The van der Waals surface area contributed by atoms with Crippen LogP contribution in [0.4, 0.5) is 4.79 Å². The SMILES string of the molecule is N#CC1CN(C(=O)N2CCNC(=O)C2CC(=O)O)CCO1. The standard InChI is InChI=1S/C12H16N4O5/c13-6-8-7-15(3-4-21-8)12(20)16-2-1-14-11(19)9(16)5-10(17)18/h8-9H,1-5,7H2,(H,14,19)(H,17,18). The van der Waals surface area contributed by atoms with Gasteiger partial charge in [0, 0.05) is 19.6 Å². The van der Waals surface area contributed by atoms with Gasteiger partial charge in [-0.2, -0.15) is 5.26 Å². The molecule has 0 aromatic rings. The van der Waals surface area contributed by atoms with Gasteiger partial charge in [-0.25, -0.2) is 4.79 Å². The Balaban J connectivity index is 2.09. The highest BCUT2D eigenvalue weighted by molar-refractivity contribution is 5.91. The summed E-state index contributed by atoms with van der Waals surface area (Å²) in [7, 11) is 0. The number of carbonyl (C=O) groups excluding carboxylic acids is 2. The quantitative estimate of drug-likeness (QED) is 0.646. The van der Waals surface area contributed by atoms with Crippen LogP contribution < -0.4 is 5.32 Å². The van der Waals surface area contributed by atoms with Crippen molar-refractivity contribution in [3.63, 3.8) is 0 Å². The van der Waals surface area contributed by atoms with E-state index in [-0.39, 0.29) is 26.2 Å². The molecule has 0 aliphatic carbocycles. The molecule has 2 aliphatic rings. The Labute approximate surface area is 121 Å². The van der Waals surface area contributed by atoms with Gasteiger partial charge in [-0.05, 0) is 0 Å². The van der Waals surface area contributed by atoms with Gasteiger partial charge in [0.2, 0.25) is 5.91 Å². The molecule has 0 saturated carbocycles. The minimum Gasteiger partial charge on any atom is -0.481 e. The van der Waals surface area contributed by atoms with Crippen molar-refractivity contribution in [1.82, 2.24) is 15.1 Å². The van der Waals surface area contributed by atoms with Crippen LogP contribution in [0.25, 0.3) is 0 Å². The molecule has 0 radical (unpaired) electrons. The largest absolute Gasteiger partial charge is 0.481 e. The summed E-state index contributed by atoms with van der Waals surface area (Å²) in [5.41, 5.74) is 0. The lowest BCUT2D eigenvalue weighted by molar-refractivity contribution is -0.142. The monoisotopic (exact) mass is 296 g/mol. The zero-order chi connectivity index (χ0) is 15.4. The van der Waals surface area contributed by atoms with Crippen molar-refractivity contribution in [2.45, 2.75) is 18.6 Å². The average Bonchev–Trinajstić information content (AvgIpc) is 2.48. The highest BCUT2D eigenvalue weighted by atomic mass is 16.5. The Morgan fingerprint density at radius 3 is 2.90 bits per heavy atom. The molecule has 2 atom stereocenters. The molecule has 2 fully saturated rings. The van der Waals surface area contributed by atoms with Crippen LogP contribution in [0.5, 0.6) is 0 Å². The first-order valence-electron chi connectivity index (χ1n) is 6.59. The number of carboxylic acids is 1. The van der Waals surface area contributed by atoms with E-state index >= 15 is 0 Å². The number of urea groups is 1. The van der Waals surface area contributed by atoms with Gasteiger partial charge in [0.1, 0.15) is 6.04 Å². The first kappa shape index (κ1) is 15.1.